The molecule has 0 bridgehead atoms. The number of hydrogen-bond donors (Lipinski definition) is 1. The summed E-state index contributed by atoms with van der Waals surface area (Å²) in [4.78, 5) is 10.2. The molecule has 1 unspecified atom stereocenters. The molecule has 9 heavy (non-hydrogen) atoms. The lowest BCUT2D eigenvalue weighted by molar-refractivity contribution is -0.147. The van der Waals surface area contributed by atoms with Gasteiger partial charge in [0.1, 0.15) is 6.61 Å². The predicted octanol–water partition coefficient (Wildman–Crippen LogP) is 0.273. The van der Waals surface area contributed by atoms with Gasteiger partial charge in [0, 0.05) is 0 Å². The Morgan fingerprint density at radius 2 is 2.56 bits per heavy atom. The van der Waals surface area contributed by atoms with Crippen molar-refractivity contribution in [2.45, 2.75) is 5.56 Å². The second-order valence-corrected chi connectivity index (χ2v) is 1.67. The average molecular weight is 151 g/mol. The van der Waals surface area contributed by atoms with E-state index >= 15 is 0 Å². The van der Waals surface area contributed by atoms with Crippen LogP contribution in [0.3, 0.4) is 0 Å². The number of alkyl halides is 1. The summed E-state index contributed by atoms with van der Waals surface area (Å²) < 4.78 is 4.31. The van der Waals surface area contributed by atoms with Gasteiger partial charge in [-0.05, 0) is 0 Å². The summed E-state index contributed by atoms with van der Waals surface area (Å²) in [5, 5.41) is 8.30. The molecule has 52 valence electrons. The molecule has 0 aromatic rings. The fourth-order valence-corrected chi connectivity index (χ4v) is 0.273. The minimum absolute atomic E-state index is 0.0720. The van der Waals surface area contributed by atoms with Crippen molar-refractivity contribution in [3.63, 3.8) is 0 Å². The molecule has 0 aliphatic rings. The van der Waals surface area contributed by atoms with Crippen LogP contribution in [0.2, 0.25) is 0 Å². The number of ether oxygens (including phenoxy) is 1. The second kappa shape index (κ2) is 4.35. The first kappa shape index (κ1) is 8.46. The summed E-state index contributed by atoms with van der Waals surface area (Å²) in [6.45, 7) is 3.36. The molecule has 0 aromatic heterocycles. The van der Waals surface area contributed by atoms with Gasteiger partial charge in [-0.3, -0.25) is 0 Å². The van der Waals surface area contributed by atoms with Crippen molar-refractivity contribution in [3.05, 3.63) is 12.7 Å². The molecule has 0 aliphatic heterocycles. The topological polar surface area (TPSA) is 46.5 Å². The molecule has 0 radical (unpaired) electrons. The Kier molecular flexibility index (Phi) is 4.09. The standard InChI is InChI=1S/C5H7ClO3/c1-2-3-9-5(8)4(6)7/h2,4,7H,1,3H2. The Morgan fingerprint density at radius 1 is 2.00 bits per heavy atom. The normalized spacial score (nSPS) is 12.2. The zero-order valence-corrected chi connectivity index (χ0v) is 5.47. The van der Waals surface area contributed by atoms with Crippen LogP contribution >= 0.6 is 11.6 Å². The zero-order valence-electron chi connectivity index (χ0n) is 4.71. The highest BCUT2D eigenvalue weighted by atomic mass is 35.5. The van der Waals surface area contributed by atoms with Crippen molar-refractivity contribution in [2.24, 2.45) is 0 Å². The van der Waals surface area contributed by atoms with Gasteiger partial charge in [0.15, 0.2) is 0 Å². The van der Waals surface area contributed by atoms with Gasteiger partial charge in [0.05, 0.1) is 0 Å². The number of esters is 1. The van der Waals surface area contributed by atoms with E-state index in [1.165, 1.54) is 6.08 Å². The van der Waals surface area contributed by atoms with Crippen molar-refractivity contribution in [2.75, 3.05) is 6.61 Å². The second-order valence-electron chi connectivity index (χ2n) is 1.25. The lowest BCUT2D eigenvalue weighted by Crippen LogP contribution is -2.16. The lowest BCUT2D eigenvalue weighted by Gasteiger charge is -2.00. The highest BCUT2D eigenvalue weighted by Crippen LogP contribution is 1.92. The molecule has 0 saturated carbocycles. The number of rotatable bonds is 3. The molecule has 0 aliphatic carbocycles. The molecule has 0 saturated heterocycles. The average Bonchev–Trinajstić information content (AvgIpc) is 1.82. The van der Waals surface area contributed by atoms with Crippen LogP contribution in [0.15, 0.2) is 12.7 Å². The van der Waals surface area contributed by atoms with E-state index in [4.69, 9.17) is 16.7 Å². The SMILES string of the molecule is C=CCOC(=O)C(O)Cl. The van der Waals surface area contributed by atoms with E-state index in [0.29, 0.717) is 0 Å². The molecule has 1 atom stereocenters. The molecule has 0 fully saturated rings. The molecular formula is C5H7ClO3. The van der Waals surface area contributed by atoms with Crippen molar-refractivity contribution in [3.8, 4) is 0 Å². The van der Waals surface area contributed by atoms with Crippen molar-refractivity contribution < 1.29 is 14.6 Å². The molecule has 0 amide bonds. The summed E-state index contributed by atoms with van der Waals surface area (Å²) >= 11 is 4.91. The molecule has 0 heterocycles. The molecule has 0 rings (SSSR count). The largest absolute Gasteiger partial charge is 0.459 e. The first-order valence-corrected chi connectivity index (χ1v) is 2.71. The zero-order chi connectivity index (χ0) is 7.28. The summed E-state index contributed by atoms with van der Waals surface area (Å²) in [5.41, 5.74) is -1.56. The van der Waals surface area contributed by atoms with Crippen molar-refractivity contribution in [1.82, 2.24) is 0 Å². The Hall–Kier alpha value is -0.540. The maximum atomic E-state index is 10.2. The van der Waals surface area contributed by atoms with Gasteiger partial charge in [-0.25, -0.2) is 4.79 Å². The molecule has 1 N–H and O–H groups in total. The third-order valence-corrected chi connectivity index (χ3v) is 0.716. The van der Waals surface area contributed by atoms with Crippen LogP contribution in [0, 0.1) is 0 Å². The van der Waals surface area contributed by atoms with Crippen molar-refractivity contribution in [1.29, 1.82) is 0 Å². The predicted molar refractivity (Wildman–Crippen MR) is 33.0 cm³/mol. The van der Waals surface area contributed by atoms with Gasteiger partial charge in [0.2, 0.25) is 5.56 Å². The van der Waals surface area contributed by atoms with Gasteiger partial charge in [0.25, 0.3) is 0 Å². The molecule has 0 spiro atoms. The number of carbonyl (C=O) groups excluding carboxylic acids is 1. The fraction of sp³-hybridized carbons (Fsp3) is 0.400. The third kappa shape index (κ3) is 4.00. The van der Waals surface area contributed by atoms with Crippen LogP contribution in [0.4, 0.5) is 0 Å². The van der Waals surface area contributed by atoms with Crippen molar-refractivity contribution >= 4 is 17.6 Å². The molecule has 0 aromatic carbocycles. The molecule has 3 nitrogen and oxygen atoms in total. The maximum Gasteiger partial charge on any atom is 0.351 e. The minimum atomic E-state index is -1.56. The van der Waals surface area contributed by atoms with E-state index in [2.05, 4.69) is 11.3 Å². The van der Waals surface area contributed by atoms with E-state index in [-0.39, 0.29) is 6.61 Å². The van der Waals surface area contributed by atoms with E-state index in [0.717, 1.165) is 0 Å². The highest BCUT2D eigenvalue weighted by Gasteiger charge is 2.10. The van der Waals surface area contributed by atoms with Gasteiger partial charge in [-0.1, -0.05) is 24.3 Å². The van der Waals surface area contributed by atoms with Crippen LogP contribution in [-0.2, 0) is 9.53 Å². The maximum absolute atomic E-state index is 10.2. The van der Waals surface area contributed by atoms with Crippen LogP contribution in [0.5, 0.6) is 0 Å². The van der Waals surface area contributed by atoms with E-state index in [9.17, 15) is 4.79 Å². The third-order valence-electron chi connectivity index (χ3n) is 0.538. The summed E-state index contributed by atoms with van der Waals surface area (Å²) in [6, 6.07) is 0. The van der Waals surface area contributed by atoms with Crippen LogP contribution in [-0.4, -0.2) is 23.2 Å². The van der Waals surface area contributed by atoms with Crippen LogP contribution in [0.1, 0.15) is 0 Å². The van der Waals surface area contributed by atoms with Gasteiger partial charge in [-0.2, -0.15) is 0 Å². The summed E-state index contributed by atoms with van der Waals surface area (Å²) in [5.74, 6) is -0.850. The smallest absolute Gasteiger partial charge is 0.351 e. The summed E-state index contributed by atoms with van der Waals surface area (Å²) in [6.07, 6.45) is 1.39. The molecular weight excluding hydrogens is 144 g/mol. The van der Waals surface area contributed by atoms with Crippen LogP contribution in [0.25, 0.3) is 0 Å². The fourth-order valence-electron chi connectivity index (χ4n) is 0.210. The first-order chi connectivity index (χ1) is 4.18. The van der Waals surface area contributed by atoms with Crippen LogP contribution < -0.4 is 0 Å². The van der Waals surface area contributed by atoms with Gasteiger partial charge >= 0.3 is 5.97 Å². The Morgan fingerprint density at radius 3 is 2.89 bits per heavy atom. The Bertz CT molecular complexity index is 111. The number of aliphatic hydroxyl groups is 1. The number of halogens is 1. The number of aliphatic hydroxyl groups excluding tert-OH is 1. The number of hydrogen-bond acceptors (Lipinski definition) is 3. The van der Waals surface area contributed by atoms with Gasteiger partial charge in [-0.15, -0.1) is 0 Å². The quantitative estimate of drug-likeness (QED) is 0.357. The number of carbonyl (C=O) groups is 1. The molecule has 4 heteroatoms. The summed E-state index contributed by atoms with van der Waals surface area (Å²) in [7, 11) is 0. The monoisotopic (exact) mass is 150 g/mol. The first-order valence-electron chi connectivity index (χ1n) is 2.28. The highest BCUT2D eigenvalue weighted by molar-refractivity contribution is 6.28. The van der Waals surface area contributed by atoms with E-state index in [1.807, 2.05) is 0 Å². The van der Waals surface area contributed by atoms with E-state index in [1.54, 1.807) is 0 Å². The Labute approximate surface area is 57.9 Å². The lowest BCUT2D eigenvalue weighted by atomic mass is 10.6. The minimum Gasteiger partial charge on any atom is -0.459 e. The van der Waals surface area contributed by atoms with E-state index < -0.39 is 11.5 Å². The Balaban J connectivity index is 3.38. The van der Waals surface area contributed by atoms with Gasteiger partial charge < -0.3 is 9.84 Å².